The van der Waals surface area contributed by atoms with Crippen LogP contribution in [0.15, 0.2) is 48.5 Å². The molecule has 0 bridgehead atoms. The number of carbonyl (C=O) groups excluding carboxylic acids is 2. The smallest absolute Gasteiger partial charge is 0.322 e. The van der Waals surface area contributed by atoms with Gasteiger partial charge in [-0.3, -0.25) is 4.79 Å². The van der Waals surface area contributed by atoms with Gasteiger partial charge in [-0.1, -0.05) is 23.8 Å². The zero-order valence-corrected chi connectivity index (χ0v) is 15.2. The first kappa shape index (κ1) is 17.8. The fourth-order valence-electron chi connectivity index (χ4n) is 3.01. The number of ether oxygens (including phenoxy) is 1. The predicted molar refractivity (Wildman–Crippen MR) is 102 cm³/mol. The van der Waals surface area contributed by atoms with E-state index in [9.17, 15) is 9.59 Å². The molecule has 6 heteroatoms. The molecule has 1 aliphatic rings. The molecule has 136 valence electrons. The zero-order chi connectivity index (χ0) is 18.7. The minimum absolute atomic E-state index is 0.108. The maximum atomic E-state index is 12.8. The Bertz CT molecular complexity index is 804. The largest absolute Gasteiger partial charge is 0.497 e. The van der Waals surface area contributed by atoms with Crippen LogP contribution in [-0.2, 0) is 4.79 Å². The van der Waals surface area contributed by atoms with Gasteiger partial charge < -0.3 is 19.9 Å². The van der Waals surface area contributed by atoms with Gasteiger partial charge in [-0.2, -0.15) is 0 Å². The normalized spacial score (nSPS) is 17.2. The number of hydrogen-bond donors (Lipinski definition) is 1. The van der Waals surface area contributed by atoms with Gasteiger partial charge in [0.15, 0.2) is 0 Å². The van der Waals surface area contributed by atoms with Gasteiger partial charge in [-0.15, -0.1) is 0 Å². The van der Waals surface area contributed by atoms with Crippen molar-refractivity contribution in [2.24, 2.45) is 0 Å². The fraction of sp³-hybridized carbons (Fsp3) is 0.300. The zero-order valence-electron chi connectivity index (χ0n) is 15.2. The van der Waals surface area contributed by atoms with Gasteiger partial charge in [0.2, 0.25) is 5.91 Å². The van der Waals surface area contributed by atoms with Crippen molar-refractivity contribution in [1.82, 2.24) is 4.90 Å². The molecule has 26 heavy (non-hydrogen) atoms. The summed E-state index contributed by atoms with van der Waals surface area (Å²) in [6, 6.07) is 14.2. The van der Waals surface area contributed by atoms with E-state index in [0.29, 0.717) is 18.8 Å². The molecule has 0 radical (unpaired) electrons. The Hall–Kier alpha value is -3.02. The Balaban J connectivity index is 1.70. The number of methoxy groups -OCH3 is 1. The molecule has 1 fully saturated rings. The number of hydrogen-bond acceptors (Lipinski definition) is 3. The average Bonchev–Trinajstić information content (AvgIpc) is 2.65. The Kier molecular flexibility index (Phi) is 5.11. The molecule has 1 atom stereocenters. The van der Waals surface area contributed by atoms with E-state index in [1.807, 2.05) is 55.5 Å². The summed E-state index contributed by atoms with van der Waals surface area (Å²) in [5.41, 5.74) is 2.62. The number of benzene rings is 2. The van der Waals surface area contributed by atoms with E-state index in [4.69, 9.17) is 4.74 Å². The highest BCUT2D eigenvalue weighted by atomic mass is 16.5. The minimum atomic E-state index is -0.541. The maximum Gasteiger partial charge on any atom is 0.322 e. The van der Waals surface area contributed by atoms with E-state index in [-0.39, 0.29) is 11.9 Å². The van der Waals surface area contributed by atoms with Crippen molar-refractivity contribution < 1.29 is 14.3 Å². The van der Waals surface area contributed by atoms with E-state index < -0.39 is 6.04 Å². The van der Waals surface area contributed by atoms with E-state index in [1.165, 1.54) is 0 Å². The minimum Gasteiger partial charge on any atom is -0.497 e. The fourth-order valence-corrected chi connectivity index (χ4v) is 3.01. The first-order chi connectivity index (χ1) is 12.5. The van der Waals surface area contributed by atoms with Crippen molar-refractivity contribution in [1.29, 1.82) is 0 Å². The molecule has 0 aliphatic carbocycles. The van der Waals surface area contributed by atoms with Gasteiger partial charge in [0.1, 0.15) is 11.8 Å². The van der Waals surface area contributed by atoms with Crippen LogP contribution < -0.4 is 15.0 Å². The predicted octanol–water partition coefficient (Wildman–Crippen LogP) is 3.27. The van der Waals surface area contributed by atoms with Crippen LogP contribution in [0.2, 0.25) is 0 Å². The lowest BCUT2D eigenvalue weighted by Gasteiger charge is -2.39. The van der Waals surface area contributed by atoms with Gasteiger partial charge >= 0.3 is 6.03 Å². The van der Waals surface area contributed by atoms with Crippen LogP contribution in [0.1, 0.15) is 12.5 Å². The third-order valence-corrected chi connectivity index (χ3v) is 4.58. The lowest BCUT2D eigenvalue weighted by Crippen LogP contribution is -2.58. The second kappa shape index (κ2) is 7.47. The molecule has 1 heterocycles. The number of nitrogens with one attached hydrogen (secondary N) is 1. The summed E-state index contributed by atoms with van der Waals surface area (Å²) in [5, 5.41) is 2.86. The summed E-state index contributed by atoms with van der Waals surface area (Å²) >= 11 is 0. The number of piperazine rings is 1. The summed E-state index contributed by atoms with van der Waals surface area (Å²) in [7, 11) is 1.59. The van der Waals surface area contributed by atoms with Crippen molar-refractivity contribution in [3.63, 3.8) is 0 Å². The molecule has 6 nitrogen and oxygen atoms in total. The molecule has 2 aromatic carbocycles. The van der Waals surface area contributed by atoms with Crippen LogP contribution in [0.3, 0.4) is 0 Å². The number of rotatable bonds is 3. The van der Waals surface area contributed by atoms with E-state index in [1.54, 1.807) is 23.8 Å². The lowest BCUT2D eigenvalue weighted by molar-refractivity contribution is -0.123. The number of carbonyl (C=O) groups is 2. The van der Waals surface area contributed by atoms with Crippen molar-refractivity contribution in [2.45, 2.75) is 19.9 Å². The molecular formula is C20H23N3O3. The Morgan fingerprint density at radius 1 is 1.15 bits per heavy atom. The highest BCUT2D eigenvalue weighted by Gasteiger charge is 2.35. The number of anilines is 2. The third kappa shape index (κ3) is 3.64. The lowest BCUT2D eigenvalue weighted by atomic mass is 10.1. The van der Waals surface area contributed by atoms with E-state index >= 15 is 0 Å². The maximum absolute atomic E-state index is 12.8. The molecule has 0 aromatic heterocycles. The summed E-state index contributed by atoms with van der Waals surface area (Å²) < 4.78 is 5.23. The van der Waals surface area contributed by atoms with Crippen LogP contribution in [0.4, 0.5) is 16.2 Å². The summed E-state index contributed by atoms with van der Waals surface area (Å²) in [4.78, 5) is 28.6. The molecule has 0 spiro atoms. The molecule has 0 saturated carbocycles. The number of nitrogens with zero attached hydrogens (tertiary/aromatic N) is 2. The Morgan fingerprint density at radius 3 is 2.58 bits per heavy atom. The van der Waals surface area contributed by atoms with Gasteiger partial charge in [-0.05, 0) is 38.1 Å². The van der Waals surface area contributed by atoms with Crippen LogP contribution in [0, 0.1) is 6.92 Å². The number of urea groups is 1. The van der Waals surface area contributed by atoms with Crippen LogP contribution in [0.5, 0.6) is 5.75 Å². The Labute approximate surface area is 153 Å². The molecule has 1 aliphatic heterocycles. The molecule has 3 rings (SSSR count). The molecule has 1 saturated heterocycles. The van der Waals surface area contributed by atoms with Gasteiger partial charge in [0.25, 0.3) is 0 Å². The van der Waals surface area contributed by atoms with Crippen molar-refractivity contribution in [2.75, 3.05) is 30.4 Å². The van der Waals surface area contributed by atoms with Crippen molar-refractivity contribution in [3.8, 4) is 5.75 Å². The molecule has 1 N–H and O–H groups in total. The topological polar surface area (TPSA) is 61.9 Å². The highest BCUT2D eigenvalue weighted by Crippen LogP contribution is 2.25. The average molecular weight is 353 g/mol. The first-order valence-corrected chi connectivity index (χ1v) is 8.59. The number of aryl methyl sites for hydroxylation is 1. The second-order valence-electron chi connectivity index (χ2n) is 6.36. The summed E-state index contributed by atoms with van der Waals surface area (Å²) in [6.45, 7) is 4.65. The van der Waals surface area contributed by atoms with Crippen molar-refractivity contribution in [3.05, 3.63) is 54.1 Å². The molecular weight excluding hydrogens is 330 g/mol. The molecule has 2 aromatic rings. The highest BCUT2D eigenvalue weighted by molar-refractivity contribution is 6.01. The van der Waals surface area contributed by atoms with Crippen LogP contribution in [0.25, 0.3) is 0 Å². The third-order valence-electron chi connectivity index (χ3n) is 4.58. The van der Waals surface area contributed by atoms with Crippen molar-refractivity contribution >= 4 is 23.3 Å². The summed E-state index contributed by atoms with van der Waals surface area (Å²) in [5.74, 6) is 0.589. The molecule has 3 amide bonds. The second-order valence-corrected chi connectivity index (χ2v) is 6.36. The van der Waals surface area contributed by atoms with Crippen LogP contribution in [-0.4, -0.2) is 43.1 Å². The quantitative estimate of drug-likeness (QED) is 0.921. The van der Waals surface area contributed by atoms with Gasteiger partial charge in [0, 0.05) is 30.5 Å². The first-order valence-electron chi connectivity index (χ1n) is 8.59. The summed E-state index contributed by atoms with van der Waals surface area (Å²) in [6.07, 6.45) is 0. The SMILES string of the molecule is COc1cccc(N2CCN(C(=O)Nc3ccc(C)cc3)[C@@H](C)C2=O)c1. The van der Waals surface area contributed by atoms with E-state index in [2.05, 4.69) is 5.32 Å². The molecule has 0 unspecified atom stereocenters. The van der Waals surface area contributed by atoms with E-state index in [0.717, 1.165) is 16.9 Å². The standard InChI is InChI=1S/C20H23N3O3/c1-14-7-9-16(10-8-14)21-20(25)22-11-12-23(19(24)15(22)2)17-5-4-6-18(13-17)26-3/h4-10,13,15H,11-12H2,1-3H3,(H,21,25)/t15-/m0/s1. The Morgan fingerprint density at radius 2 is 1.88 bits per heavy atom. The van der Waals surface area contributed by atoms with Gasteiger partial charge in [0.05, 0.1) is 7.11 Å². The monoisotopic (exact) mass is 353 g/mol. The van der Waals surface area contributed by atoms with Crippen LogP contribution >= 0.6 is 0 Å². The van der Waals surface area contributed by atoms with Gasteiger partial charge in [-0.25, -0.2) is 4.79 Å². The number of amides is 3.